The van der Waals surface area contributed by atoms with Crippen LogP contribution in [0.2, 0.25) is 0 Å². The minimum Gasteiger partial charge on any atom is -0.480 e. The third-order valence-corrected chi connectivity index (χ3v) is 3.47. The van der Waals surface area contributed by atoms with Crippen molar-refractivity contribution >= 4 is 22.0 Å². The second kappa shape index (κ2) is 6.96. The van der Waals surface area contributed by atoms with Crippen molar-refractivity contribution in [2.75, 3.05) is 5.75 Å². The van der Waals surface area contributed by atoms with Crippen LogP contribution in [0.3, 0.4) is 0 Å². The normalized spacial score (nSPS) is 14.8. The summed E-state index contributed by atoms with van der Waals surface area (Å²) < 4.78 is 69.2. The summed E-state index contributed by atoms with van der Waals surface area (Å²) in [7, 11) is -4.82. The number of rotatable bonds is 6. The standard InChI is InChI=1S/C12H12F3NO6S/c13-12(14,15)9(7-4-2-1-3-5-7)10(17)16-8(11(18)19)6-23(20,21)22/h1-5,8-9H,6H2,(H,16,17)(H,18,19)(H,20,21,22)/t8-,9?/m0/s1. The number of benzene rings is 1. The van der Waals surface area contributed by atoms with Gasteiger partial charge in [0.15, 0.2) is 5.92 Å². The lowest BCUT2D eigenvalue weighted by Crippen LogP contribution is -2.49. The molecule has 0 aliphatic carbocycles. The van der Waals surface area contributed by atoms with E-state index >= 15 is 0 Å². The van der Waals surface area contributed by atoms with Crippen LogP contribution in [0, 0.1) is 0 Å². The highest BCUT2D eigenvalue weighted by Crippen LogP contribution is 2.35. The van der Waals surface area contributed by atoms with Gasteiger partial charge in [-0.3, -0.25) is 9.35 Å². The van der Waals surface area contributed by atoms with Gasteiger partial charge in [-0.15, -0.1) is 0 Å². The molecule has 7 nitrogen and oxygen atoms in total. The fourth-order valence-corrected chi connectivity index (χ4v) is 2.42. The molecule has 1 aromatic carbocycles. The second-order valence-electron chi connectivity index (χ2n) is 4.53. The SMILES string of the molecule is O=C(N[C@@H](CS(=O)(=O)O)C(=O)O)C(c1ccccc1)C(F)(F)F. The first-order valence-electron chi connectivity index (χ1n) is 6.02. The first-order chi connectivity index (χ1) is 10.4. The Morgan fingerprint density at radius 1 is 1.17 bits per heavy atom. The molecule has 2 atom stereocenters. The topological polar surface area (TPSA) is 121 Å². The van der Waals surface area contributed by atoms with Gasteiger partial charge in [-0.1, -0.05) is 30.3 Å². The molecule has 1 unspecified atom stereocenters. The van der Waals surface area contributed by atoms with E-state index in [4.69, 9.17) is 9.66 Å². The molecule has 0 saturated heterocycles. The Hall–Kier alpha value is -2.14. The fraction of sp³-hybridized carbons (Fsp3) is 0.333. The van der Waals surface area contributed by atoms with Crippen LogP contribution < -0.4 is 5.32 Å². The lowest BCUT2D eigenvalue weighted by atomic mass is 9.97. The van der Waals surface area contributed by atoms with Crippen LogP contribution in [-0.2, 0) is 19.7 Å². The molecule has 0 bridgehead atoms. The number of aliphatic carboxylic acids is 1. The van der Waals surface area contributed by atoms with Gasteiger partial charge in [-0.25, -0.2) is 4.79 Å². The summed E-state index contributed by atoms with van der Waals surface area (Å²) in [5, 5.41) is 10.2. The highest BCUT2D eigenvalue weighted by molar-refractivity contribution is 7.85. The van der Waals surface area contributed by atoms with Crippen LogP contribution in [-0.4, -0.2) is 47.9 Å². The Balaban J connectivity index is 3.08. The Morgan fingerprint density at radius 3 is 2.09 bits per heavy atom. The molecule has 0 spiro atoms. The average Bonchev–Trinajstić information content (AvgIpc) is 2.35. The van der Waals surface area contributed by atoms with E-state index in [-0.39, 0.29) is 0 Å². The number of hydrogen-bond donors (Lipinski definition) is 3. The third-order valence-electron chi connectivity index (χ3n) is 2.71. The average molecular weight is 355 g/mol. The molecule has 0 radical (unpaired) electrons. The maximum Gasteiger partial charge on any atom is 0.404 e. The quantitative estimate of drug-likeness (QED) is 0.649. The van der Waals surface area contributed by atoms with Crippen molar-refractivity contribution < 1.29 is 40.8 Å². The molecule has 0 fully saturated rings. The molecule has 0 heterocycles. The smallest absolute Gasteiger partial charge is 0.404 e. The molecule has 128 valence electrons. The van der Waals surface area contributed by atoms with Crippen molar-refractivity contribution in [2.24, 2.45) is 0 Å². The largest absolute Gasteiger partial charge is 0.480 e. The summed E-state index contributed by atoms with van der Waals surface area (Å²) in [5.74, 6) is -7.76. The van der Waals surface area contributed by atoms with E-state index in [1.165, 1.54) is 23.5 Å². The molecule has 1 amide bonds. The molecule has 11 heteroatoms. The van der Waals surface area contributed by atoms with E-state index in [2.05, 4.69) is 0 Å². The van der Waals surface area contributed by atoms with E-state index in [1.807, 2.05) is 0 Å². The van der Waals surface area contributed by atoms with Crippen LogP contribution in [0.1, 0.15) is 11.5 Å². The number of hydrogen-bond acceptors (Lipinski definition) is 4. The van der Waals surface area contributed by atoms with Crippen LogP contribution in [0.15, 0.2) is 30.3 Å². The molecule has 0 aromatic heterocycles. The van der Waals surface area contributed by atoms with Gasteiger partial charge < -0.3 is 10.4 Å². The van der Waals surface area contributed by atoms with Gasteiger partial charge in [-0.05, 0) is 5.56 Å². The molecule has 23 heavy (non-hydrogen) atoms. The van der Waals surface area contributed by atoms with Gasteiger partial charge in [0.05, 0.1) is 0 Å². The van der Waals surface area contributed by atoms with Crippen molar-refractivity contribution in [1.29, 1.82) is 0 Å². The van der Waals surface area contributed by atoms with Crippen molar-refractivity contribution in [2.45, 2.75) is 18.1 Å². The summed E-state index contributed by atoms with van der Waals surface area (Å²) in [5.41, 5.74) is -0.437. The van der Waals surface area contributed by atoms with E-state index in [9.17, 15) is 31.2 Å². The molecule has 3 N–H and O–H groups in total. The van der Waals surface area contributed by atoms with Gasteiger partial charge in [-0.2, -0.15) is 21.6 Å². The predicted molar refractivity (Wildman–Crippen MR) is 71.2 cm³/mol. The van der Waals surface area contributed by atoms with Crippen molar-refractivity contribution in [3.8, 4) is 0 Å². The predicted octanol–water partition coefficient (Wildman–Crippen LogP) is 0.790. The molecular weight excluding hydrogens is 343 g/mol. The van der Waals surface area contributed by atoms with Crippen LogP contribution in [0.25, 0.3) is 0 Å². The molecule has 0 aliphatic rings. The highest BCUT2D eigenvalue weighted by atomic mass is 32.2. The first-order valence-corrected chi connectivity index (χ1v) is 7.62. The van der Waals surface area contributed by atoms with E-state index in [0.29, 0.717) is 0 Å². The number of carbonyl (C=O) groups excluding carboxylic acids is 1. The molecule has 0 aliphatic heterocycles. The first kappa shape index (κ1) is 18.9. The summed E-state index contributed by atoms with van der Waals surface area (Å²) >= 11 is 0. The fourth-order valence-electron chi connectivity index (χ4n) is 1.77. The number of carboxylic acids is 1. The minimum absolute atomic E-state index is 0.437. The maximum absolute atomic E-state index is 13.1. The minimum atomic E-state index is -5.02. The number of carboxylic acid groups (broad SMARTS) is 1. The number of nitrogens with one attached hydrogen (secondary N) is 1. The Kier molecular flexibility index (Phi) is 5.72. The molecule has 1 aromatic rings. The summed E-state index contributed by atoms with van der Waals surface area (Å²) in [6.07, 6.45) is -5.02. The van der Waals surface area contributed by atoms with Gasteiger partial charge in [0.25, 0.3) is 10.1 Å². The lowest BCUT2D eigenvalue weighted by Gasteiger charge is -2.22. The van der Waals surface area contributed by atoms with Gasteiger partial charge in [0.2, 0.25) is 5.91 Å². The van der Waals surface area contributed by atoms with Gasteiger partial charge >= 0.3 is 12.1 Å². The van der Waals surface area contributed by atoms with Gasteiger partial charge in [0.1, 0.15) is 11.8 Å². The van der Waals surface area contributed by atoms with Crippen LogP contribution in [0.4, 0.5) is 13.2 Å². The second-order valence-corrected chi connectivity index (χ2v) is 6.03. The van der Waals surface area contributed by atoms with E-state index in [1.54, 1.807) is 0 Å². The van der Waals surface area contributed by atoms with Crippen LogP contribution in [0.5, 0.6) is 0 Å². The van der Waals surface area contributed by atoms with Crippen molar-refractivity contribution in [3.05, 3.63) is 35.9 Å². The lowest BCUT2D eigenvalue weighted by molar-refractivity contribution is -0.166. The summed E-state index contributed by atoms with van der Waals surface area (Å²) in [4.78, 5) is 22.7. The maximum atomic E-state index is 13.1. The highest BCUT2D eigenvalue weighted by Gasteiger charge is 2.47. The third kappa shape index (κ3) is 5.87. The molecular formula is C12H12F3NO6S. The number of halogens is 3. The van der Waals surface area contributed by atoms with E-state index in [0.717, 1.165) is 12.1 Å². The molecule has 1 rings (SSSR count). The number of amides is 1. The monoisotopic (exact) mass is 355 g/mol. The Morgan fingerprint density at radius 2 is 1.70 bits per heavy atom. The molecule has 0 saturated carbocycles. The zero-order chi connectivity index (χ0) is 17.8. The van der Waals surface area contributed by atoms with E-state index < -0.39 is 51.4 Å². The summed E-state index contributed by atoms with van der Waals surface area (Å²) in [6.45, 7) is 0. The van der Waals surface area contributed by atoms with Crippen molar-refractivity contribution in [3.63, 3.8) is 0 Å². The Labute approximate surface area is 128 Å². The van der Waals surface area contributed by atoms with Crippen molar-refractivity contribution in [1.82, 2.24) is 5.32 Å². The van der Waals surface area contributed by atoms with Gasteiger partial charge in [0, 0.05) is 0 Å². The number of alkyl halides is 3. The Bertz CT molecular complexity index is 674. The zero-order valence-corrected chi connectivity index (χ0v) is 12.1. The van der Waals surface area contributed by atoms with Crippen LogP contribution >= 0.6 is 0 Å². The summed E-state index contributed by atoms with van der Waals surface area (Å²) in [6, 6.07) is 3.77. The zero-order valence-electron chi connectivity index (χ0n) is 11.3. The number of carbonyl (C=O) groups is 2.